The minimum atomic E-state index is -0.523. The fourth-order valence-corrected chi connectivity index (χ4v) is 2.86. The highest BCUT2D eigenvalue weighted by molar-refractivity contribution is 6.34. The van der Waals surface area contributed by atoms with Crippen molar-refractivity contribution in [3.05, 3.63) is 28.2 Å². The molecule has 0 bridgehead atoms. The summed E-state index contributed by atoms with van der Waals surface area (Å²) in [6.07, 6.45) is 3.17. The molecular weight excluding hydrogens is 297 g/mol. The van der Waals surface area contributed by atoms with Crippen molar-refractivity contribution in [2.75, 3.05) is 19.7 Å². The minimum Gasteiger partial charge on any atom is -0.489 e. The Bertz CT molecular complexity index is 442. The summed E-state index contributed by atoms with van der Waals surface area (Å²) in [5.74, 6) is 0.518. The standard InChI is InChI=1S/C15H21Cl2NO2/c1-11-4-2-3-7-18(11)9-13(19)10-20-15-8-12(16)5-6-14(15)17/h5-6,8,11,13,19H,2-4,7,9-10H2,1H3/t11-,13+/m1/s1. The van der Waals surface area contributed by atoms with Gasteiger partial charge in [0.15, 0.2) is 0 Å². The molecule has 0 aliphatic carbocycles. The van der Waals surface area contributed by atoms with Crippen molar-refractivity contribution in [2.45, 2.75) is 38.3 Å². The van der Waals surface area contributed by atoms with E-state index in [1.54, 1.807) is 18.2 Å². The monoisotopic (exact) mass is 317 g/mol. The molecule has 0 aromatic heterocycles. The van der Waals surface area contributed by atoms with Gasteiger partial charge in [-0.25, -0.2) is 0 Å². The lowest BCUT2D eigenvalue weighted by molar-refractivity contribution is 0.0438. The highest BCUT2D eigenvalue weighted by Gasteiger charge is 2.21. The first-order valence-electron chi connectivity index (χ1n) is 7.06. The summed E-state index contributed by atoms with van der Waals surface area (Å²) >= 11 is 11.9. The molecule has 20 heavy (non-hydrogen) atoms. The van der Waals surface area contributed by atoms with Gasteiger partial charge in [0.05, 0.1) is 5.02 Å². The van der Waals surface area contributed by atoms with Gasteiger partial charge >= 0.3 is 0 Å². The minimum absolute atomic E-state index is 0.225. The van der Waals surface area contributed by atoms with Crippen LogP contribution in [0.3, 0.4) is 0 Å². The van der Waals surface area contributed by atoms with Gasteiger partial charge in [-0.3, -0.25) is 4.90 Å². The van der Waals surface area contributed by atoms with Crippen LogP contribution in [0, 0.1) is 0 Å². The number of ether oxygens (including phenoxy) is 1. The quantitative estimate of drug-likeness (QED) is 0.900. The molecule has 1 heterocycles. The lowest BCUT2D eigenvalue weighted by Gasteiger charge is -2.34. The average molecular weight is 318 g/mol. The molecule has 0 unspecified atom stereocenters. The Morgan fingerprint density at radius 3 is 2.95 bits per heavy atom. The molecule has 0 radical (unpaired) electrons. The number of hydrogen-bond donors (Lipinski definition) is 1. The maximum atomic E-state index is 10.1. The lowest BCUT2D eigenvalue weighted by atomic mass is 10.0. The van der Waals surface area contributed by atoms with Crippen molar-refractivity contribution >= 4 is 23.2 Å². The van der Waals surface area contributed by atoms with E-state index in [0.29, 0.717) is 28.4 Å². The van der Waals surface area contributed by atoms with E-state index in [0.717, 1.165) is 6.54 Å². The zero-order valence-corrected chi connectivity index (χ0v) is 13.2. The molecule has 1 saturated heterocycles. The van der Waals surface area contributed by atoms with Gasteiger partial charge in [0.2, 0.25) is 0 Å². The summed E-state index contributed by atoms with van der Waals surface area (Å²) in [6, 6.07) is 5.61. The molecule has 1 fully saturated rings. The number of rotatable bonds is 5. The van der Waals surface area contributed by atoms with Crippen LogP contribution in [0.15, 0.2) is 18.2 Å². The van der Waals surface area contributed by atoms with Gasteiger partial charge in [0, 0.05) is 23.7 Å². The highest BCUT2D eigenvalue weighted by Crippen LogP contribution is 2.27. The summed E-state index contributed by atoms with van der Waals surface area (Å²) < 4.78 is 5.56. The van der Waals surface area contributed by atoms with E-state index in [-0.39, 0.29) is 6.61 Å². The van der Waals surface area contributed by atoms with Crippen molar-refractivity contribution in [1.29, 1.82) is 0 Å². The van der Waals surface area contributed by atoms with Crippen molar-refractivity contribution in [3.63, 3.8) is 0 Å². The molecule has 0 amide bonds. The van der Waals surface area contributed by atoms with Crippen molar-refractivity contribution in [1.82, 2.24) is 4.90 Å². The maximum absolute atomic E-state index is 10.1. The number of likely N-dealkylation sites (tertiary alicyclic amines) is 1. The molecular formula is C15H21Cl2NO2. The van der Waals surface area contributed by atoms with Crippen LogP contribution in [-0.2, 0) is 0 Å². The molecule has 0 spiro atoms. The van der Waals surface area contributed by atoms with Gasteiger partial charge in [-0.05, 0) is 38.4 Å². The van der Waals surface area contributed by atoms with E-state index in [9.17, 15) is 5.11 Å². The molecule has 2 rings (SSSR count). The van der Waals surface area contributed by atoms with E-state index >= 15 is 0 Å². The van der Waals surface area contributed by atoms with Gasteiger partial charge in [-0.2, -0.15) is 0 Å². The van der Waals surface area contributed by atoms with Crippen LogP contribution in [-0.4, -0.2) is 41.8 Å². The second-order valence-corrected chi connectivity index (χ2v) is 6.22. The Morgan fingerprint density at radius 1 is 1.40 bits per heavy atom. The van der Waals surface area contributed by atoms with E-state index < -0.39 is 6.10 Å². The number of hydrogen-bond acceptors (Lipinski definition) is 3. The highest BCUT2D eigenvalue weighted by atomic mass is 35.5. The normalized spacial score (nSPS) is 21.7. The molecule has 5 heteroatoms. The predicted octanol–water partition coefficient (Wildman–Crippen LogP) is 3.61. The first kappa shape index (κ1) is 15.9. The van der Waals surface area contributed by atoms with Gasteiger partial charge in [-0.15, -0.1) is 0 Å². The number of aliphatic hydroxyl groups excluding tert-OH is 1. The number of halogens is 2. The zero-order chi connectivity index (χ0) is 14.5. The van der Waals surface area contributed by atoms with Gasteiger partial charge in [-0.1, -0.05) is 29.6 Å². The maximum Gasteiger partial charge on any atom is 0.139 e. The Morgan fingerprint density at radius 2 is 2.20 bits per heavy atom. The van der Waals surface area contributed by atoms with Crippen molar-refractivity contribution in [3.8, 4) is 5.75 Å². The van der Waals surface area contributed by atoms with Crippen molar-refractivity contribution in [2.24, 2.45) is 0 Å². The molecule has 1 N–H and O–H groups in total. The molecule has 1 aliphatic rings. The predicted molar refractivity (Wildman–Crippen MR) is 82.8 cm³/mol. The second kappa shape index (κ2) is 7.51. The third-order valence-corrected chi connectivity index (χ3v) is 4.26. The SMILES string of the molecule is C[C@@H]1CCCCN1C[C@H](O)COc1cc(Cl)ccc1Cl. The summed E-state index contributed by atoms with van der Waals surface area (Å²) in [6.45, 7) is 4.12. The molecule has 112 valence electrons. The van der Waals surface area contributed by atoms with Gasteiger partial charge in [0.1, 0.15) is 18.5 Å². The number of β-amino-alcohol motifs (C(OH)–C–C–N with tert-alkyl or cyclic N) is 1. The van der Waals surface area contributed by atoms with Crippen molar-refractivity contribution < 1.29 is 9.84 Å². The zero-order valence-electron chi connectivity index (χ0n) is 11.7. The fourth-order valence-electron chi connectivity index (χ4n) is 2.53. The van der Waals surface area contributed by atoms with E-state index in [1.165, 1.54) is 19.3 Å². The molecule has 1 aromatic rings. The topological polar surface area (TPSA) is 32.7 Å². The second-order valence-electron chi connectivity index (χ2n) is 5.38. The van der Waals surface area contributed by atoms with Crippen LogP contribution < -0.4 is 4.74 Å². The number of nitrogens with zero attached hydrogens (tertiary/aromatic N) is 1. The van der Waals surface area contributed by atoms with Gasteiger partial charge < -0.3 is 9.84 Å². The average Bonchev–Trinajstić information content (AvgIpc) is 2.42. The first-order chi connectivity index (χ1) is 9.56. The third kappa shape index (κ3) is 4.52. The fraction of sp³-hybridized carbons (Fsp3) is 0.600. The van der Waals surface area contributed by atoms with Crippen LogP contribution in [0.5, 0.6) is 5.75 Å². The van der Waals surface area contributed by atoms with E-state index in [1.807, 2.05) is 0 Å². The summed E-state index contributed by atoms with van der Waals surface area (Å²) in [4.78, 5) is 2.32. The third-order valence-electron chi connectivity index (χ3n) is 3.71. The smallest absolute Gasteiger partial charge is 0.139 e. The number of piperidine rings is 1. The Labute approximate surface area is 130 Å². The largest absolute Gasteiger partial charge is 0.489 e. The molecule has 1 aromatic carbocycles. The Kier molecular flexibility index (Phi) is 5.97. The number of benzene rings is 1. The summed E-state index contributed by atoms with van der Waals surface area (Å²) in [7, 11) is 0. The van der Waals surface area contributed by atoms with Crippen LogP contribution in [0.1, 0.15) is 26.2 Å². The van der Waals surface area contributed by atoms with Crippen LogP contribution in [0.4, 0.5) is 0 Å². The van der Waals surface area contributed by atoms with Crippen LogP contribution in [0.25, 0.3) is 0 Å². The van der Waals surface area contributed by atoms with Gasteiger partial charge in [0.25, 0.3) is 0 Å². The number of aliphatic hydroxyl groups is 1. The molecule has 2 atom stereocenters. The van der Waals surface area contributed by atoms with Crippen LogP contribution in [0.2, 0.25) is 10.0 Å². The lowest BCUT2D eigenvalue weighted by Crippen LogP contribution is -2.43. The molecule has 3 nitrogen and oxygen atoms in total. The first-order valence-corrected chi connectivity index (χ1v) is 7.82. The summed E-state index contributed by atoms with van der Waals surface area (Å²) in [5, 5.41) is 11.2. The van der Waals surface area contributed by atoms with E-state index in [2.05, 4.69) is 11.8 Å². The Balaban J connectivity index is 1.82. The Hall–Kier alpha value is -0.480. The van der Waals surface area contributed by atoms with Crippen LogP contribution >= 0.6 is 23.2 Å². The summed E-state index contributed by atoms with van der Waals surface area (Å²) in [5.41, 5.74) is 0. The molecule has 0 saturated carbocycles. The van der Waals surface area contributed by atoms with E-state index in [4.69, 9.17) is 27.9 Å². The molecule has 1 aliphatic heterocycles.